The van der Waals surface area contributed by atoms with E-state index < -0.39 is 5.41 Å². The number of hydrogen-bond donors (Lipinski definition) is 0. The van der Waals surface area contributed by atoms with Crippen molar-refractivity contribution in [1.29, 1.82) is 0 Å². The van der Waals surface area contributed by atoms with Gasteiger partial charge in [-0.15, -0.1) is 0 Å². The van der Waals surface area contributed by atoms with Gasteiger partial charge in [0.2, 0.25) is 5.91 Å². The highest BCUT2D eigenvalue weighted by Crippen LogP contribution is 2.33. The summed E-state index contributed by atoms with van der Waals surface area (Å²) in [4.78, 5) is 39.3. The molecule has 2 saturated heterocycles. The summed E-state index contributed by atoms with van der Waals surface area (Å²) in [5.74, 6) is 0.599. The highest BCUT2D eigenvalue weighted by atomic mass is 16.2. The molecule has 176 valence electrons. The van der Waals surface area contributed by atoms with Gasteiger partial charge in [0.05, 0.1) is 17.3 Å². The summed E-state index contributed by atoms with van der Waals surface area (Å²) < 4.78 is 0. The Bertz CT molecular complexity index is 976. The number of aryl methyl sites for hydroxylation is 2. The van der Waals surface area contributed by atoms with Crippen molar-refractivity contribution in [3.63, 3.8) is 0 Å². The summed E-state index contributed by atoms with van der Waals surface area (Å²) in [5.41, 5.74) is 2.96. The van der Waals surface area contributed by atoms with Gasteiger partial charge in [-0.3, -0.25) is 14.6 Å². The fourth-order valence-electron chi connectivity index (χ4n) is 5.33. The molecule has 33 heavy (non-hydrogen) atoms. The Labute approximate surface area is 197 Å². The normalized spacial score (nSPS) is 20.1. The number of aromatic nitrogens is 2. The van der Waals surface area contributed by atoms with Crippen LogP contribution < -0.4 is 0 Å². The molecule has 0 saturated carbocycles. The van der Waals surface area contributed by atoms with E-state index >= 15 is 0 Å². The third-order valence-corrected chi connectivity index (χ3v) is 7.49. The first-order chi connectivity index (χ1) is 15.8. The van der Waals surface area contributed by atoms with Crippen LogP contribution in [0.5, 0.6) is 0 Å². The summed E-state index contributed by atoms with van der Waals surface area (Å²) in [6, 6.07) is 8.50. The Balaban J connectivity index is 1.41. The minimum absolute atomic E-state index is 0.00814. The Morgan fingerprint density at radius 1 is 0.909 bits per heavy atom. The van der Waals surface area contributed by atoms with E-state index in [2.05, 4.69) is 41.2 Å². The van der Waals surface area contributed by atoms with E-state index in [0.29, 0.717) is 11.6 Å². The fourth-order valence-corrected chi connectivity index (χ4v) is 5.33. The summed E-state index contributed by atoms with van der Waals surface area (Å²) >= 11 is 0. The molecule has 2 fully saturated rings. The molecule has 2 aliphatic heterocycles. The van der Waals surface area contributed by atoms with Crippen molar-refractivity contribution in [3.05, 3.63) is 59.2 Å². The predicted octanol–water partition coefficient (Wildman–Crippen LogP) is 4.30. The summed E-state index contributed by atoms with van der Waals surface area (Å²) in [5, 5.41) is 0. The molecule has 2 aliphatic rings. The zero-order chi connectivity index (χ0) is 23.6. The van der Waals surface area contributed by atoms with Gasteiger partial charge in [-0.2, -0.15) is 0 Å². The molecule has 0 N–H and O–H groups in total. The summed E-state index contributed by atoms with van der Waals surface area (Å²) in [7, 11) is 0. The summed E-state index contributed by atoms with van der Waals surface area (Å²) in [6.07, 6.45) is 8.33. The molecule has 0 bridgehead atoms. The Morgan fingerprint density at radius 3 is 2.24 bits per heavy atom. The Hall–Kier alpha value is -2.76. The van der Waals surface area contributed by atoms with Gasteiger partial charge < -0.3 is 9.80 Å². The quantitative estimate of drug-likeness (QED) is 0.699. The van der Waals surface area contributed by atoms with Crippen molar-refractivity contribution in [2.75, 3.05) is 19.6 Å². The van der Waals surface area contributed by atoms with Gasteiger partial charge in [-0.05, 0) is 71.3 Å². The van der Waals surface area contributed by atoms with Gasteiger partial charge >= 0.3 is 0 Å². The molecule has 0 aliphatic carbocycles. The molecule has 3 heterocycles. The molecule has 6 nitrogen and oxygen atoms in total. The number of likely N-dealkylation sites (tertiary alicyclic amines) is 2. The fraction of sp³-hybridized carbons (Fsp3) is 0.556. The third kappa shape index (κ3) is 4.94. The van der Waals surface area contributed by atoms with Gasteiger partial charge in [0.15, 0.2) is 0 Å². The number of benzene rings is 1. The van der Waals surface area contributed by atoms with Crippen molar-refractivity contribution in [3.8, 4) is 0 Å². The lowest BCUT2D eigenvalue weighted by molar-refractivity contribution is -0.138. The maximum Gasteiger partial charge on any atom is 0.274 e. The first kappa shape index (κ1) is 23.4. The number of rotatable bonds is 4. The first-order valence-corrected chi connectivity index (χ1v) is 12.2. The number of amides is 2. The van der Waals surface area contributed by atoms with Crippen LogP contribution in [-0.2, 0) is 10.2 Å². The minimum atomic E-state index is -0.544. The van der Waals surface area contributed by atoms with Crippen LogP contribution in [0.15, 0.2) is 36.7 Å². The van der Waals surface area contributed by atoms with Crippen LogP contribution in [-0.4, -0.2) is 57.3 Å². The minimum Gasteiger partial charge on any atom is -0.342 e. The highest BCUT2D eigenvalue weighted by Gasteiger charge is 2.39. The first-order valence-electron chi connectivity index (χ1n) is 12.2. The van der Waals surface area contributed by atoms with E-state index in [1.165, 1.54) is 5.56 Å². The number of hydrogen-bond acceptors (Lipinski definition) is 4. The molecular formula is C27H36N4O2. The molecule has 0 unspecified atom stereocenters. The van der Waals surface area contributed by atoms with Crippen molar-refractivity contribution in [1.82, 2.24) is 19.8 Å². The van der Waals surface area contributed by atoms with Crippen LogP contribution in [0.25, 0.3) is 0 Å². The molecule has 6 heteroatoms. The Kier molecular flexibility index (Phi) is 6.82. The van der Waals surface area contributed by atoms with Crippen LogP contribution in [0.2, 0.25) is 0 Å². The third-order valence-electron chi connectivity index (χ3n) is 7.49. The van der Waals surface area contributed by atoms with Crippen molar-refractivity contribution >= 4 is 11.8 Å². The molecule has 2 amide bonds. The van der Waals surface area contributed by atoms with Crippen LogP contribution in [0.3, 0.4) is 0 Å². The predicted molar refractivity (Wildman–Crippen MR) is 129 cm³/mol. The second-order valence-corrected chi connectivity index (χ2v) is 10.2. The lowest BCUT2D eigenvalue weighted by Gasteiger charge is -2.44. The molecule has 1 aromatic heterocycles. The average molecular weight is 449 g/mol. The van der Waals surface area contributed by atoms with Gasteiger partial charge in [-0.1, -0.05) is 29.8 Å². The smallest absolute Gasteiger partial charge is 0.274 e. The number of nitrogens with zero attached hydrogens (tertiary/aromatic N) is 4. The zero-order valence-corrected chi connectivity index (χ0v) is 20.4. The lowest BCUT2D eigenvalue weighted by Crippen LogP contribution is -2.52. The number of piperidine rings is 2. The monoisotopic (exact) mass is 448 g/mol. The van der Waals surface area contributed by atoms with Crippen LogP contribution in [0.4, 0.5) is 0 Å². The van der Waals surface area contributed by atoms with Gasteiger partial charge in [0.25, 0.3) is 5.91 Å². The van der Waals surface area contributed by atoms with Crippen LogP contribution >= 0.6 is 0 Å². The Morgan fingerprint density at radius 2 is 1.61 bits per heavy atom. The van der Waals surface area contributed by atoms with Gasteiger partial charge in [0, 0.05) is 31.9 Å². The molecule has 1 atom stereocenters. The van der Waals surface area contributed by atoms with E-state index in [1.807, 2.05) is 30.6 Å². The van der Waals surface area contributed by atoms with Gasteiger partial charge in [0.1, 0.15) is 5.69 Å². The lowest BCUT2D eigenvalue weighted by atomic mass is 9.80. The van der Waals surface area contributed by atoms with E-state index in [1.54, 1.807) is 12.4 Å². The molecular weight excluding hydrogens is 412 g/mol. The van der Waals surface area contributed by atoms with Crippen molar-refractivity contribution in [2.45, 2.75) is 71.3 Å². The molecule has 1 aromatic carbocycles. The van der Waals surface area contributed by atoms with E-state index in [-0.39, 0.29) is 17.9 Å². The summed E-state index contributed by atoms with van der Waals surface area (Å²) in [6.45, 7) is 10.3. The van der Waals surface area contributed by atoms with E-state index in [0.717, 1.165) is 63.0 Å². The SMILES string of the molecule is Cc1ccc(C(C)(C)C(=O)N2CCC([C@H]3CCCCN3C(=O)c3cnc(C)cn3)CC2)cc1. The average Bonchev–Trinajstić information content (AvgIpc) is 2.84. The molecule has 0 radical (unpaired) electrons. The largest absolute Gasteiger partial charge is 0.342 e. The number of carbonyl (C=O) groups is 2. The maximum atomic E-state index is 13.4. The van der Waals surface area contributed by atoms with Crippen molar-refractivity contribution < 1.29 is 9.59 Å². The van der Waals surface area contributed by atoms with Crippen molar-refractivity contribution in [2.24, 2.45) is 5.92 Å². The molecule has 0 spiro atoms. The van der Waals surface area contributed by atoms with Crippen LogP contribution in [0, 0.1) is 19.8 Å². The van der Waals surface area contributed by atoms with E-state index in [9.17, 15) is 9.59 Å². The number of carbonyl (C=O) groups excluding carboxylic acids is 2. The second kappa shape index (κ2) is 9.62. The molecule has 2 aromatic rings. The highest BCUT2D eigenvalue weighted by molar-refractivity contribution is 5.92. The maximum absolute atomic E-state index is 13.4. The zero-order valence-electron chi connectivity index (χ0n) is 20.4. The van der Waals surface area contributed by atoms with E-state index in [4.69, 9.17) is 0 Å². The molecule has 4 rings (SSSR count). The second-order valence-electron chi connectivity index (χ2n) is 10.2. The standard InChI is InChI=1S/C27H36N4O2/c1-19-8-10-22(11-9-19)27(3,4)26(33)30-15-12-21(13-16-30)24-7-5-6-14-31(24)25(32)23-18-28-20(2)17-29-23/h8-11,17-18,21,24H,5-7,12-16H2,1-4H3/t24-/m1/s1. The van der Waals surface area contributed by atoms with Gasteiger partial charge in [-0.25, -0.2) is 4.98 Å². The van der Waals surface area contributed by atoms with Crippen LogP contribution in [0.1, 0.15) is 73.3 Å². The topological polar surface area (TPSA) is 66.4 Å².